The van der Waals surface area contributed by atoms with E-state index in [9.17, 15) is 9.90 Å². The van der Waals surface area contributed by atoms with Gasteiger partial charge in [-0.1, -0.05) is 41.1 Å². The van der Waals surface area contributed by atoms with Crippen LogP contribution in [0.1, 0.15) is 49.3 Å². The summed E-state index contributed by atoms with van der Waals surface area (Å²) in [5.74, 6) is -1.02. The van der Waals surface area contributed by atoms with Crippen LogP contribution < -0.4 is 4.90 Å². The highest BCUT2D eigenvalue weighted by Crippen LogP contribution is 2.45. The number of ether oxygens (including phenoxy) is 1. The molecule has 0 bridgehead atoms. The fourth-order valence-corrected chi connectivity index (χ4v) is 5.75. The topological polar surface area (TPSA) is 75.5 Å². The number of carboxylic acid groups (broad SMARTS) is 1. The molecule has 4 aromatic rings. The van der Waals surface area contributed by atoms with Crippen molar-refractivity contribution in [3.8, 4) is 11.1 Å². The van der Waals surface area contributed by atoms with E-state index in [-0.39, 0.29) is 0 Å². The SMILES string of the molecule is Cc1cc2nc(N3Cc4cccnc4C3)sc2c(-c2ccc(Cl)cc2)c1C(OC(C)(C)C)C(=O)O. The van der Waals surface area contributed by atoms with E-state index in [0.717, 1.165) is 44.3 Å². The smallest absolute Gasteiger partial charge is 0.337 e. The molecule has 2 aromatic heterocycles. The number of pyridine rings is 1. The van der Waals surface area contributed by atoms with Gasteiger partial charge in [-0.15, -0.1) is 0 Å². The first-order chi connectivity index (χ1) is 16.6. The number of carbonyl (C=O) groups is 1. The molecule has 5 rings (SSSR count). The second-order valence-corrected chi connectivity index (χ2v) is 11.2. The minimum absolute atomic E-state index is 0.618. The average molecular weight is 508 g/mol. The van der Waals surface area contributed by atoms with E-state index >= 15 is 0 Å². The molecule has 0 fully saturated rings. The summed E-state index contributed by atoms with van der Waals surface area (Å²) < 4.78 is 7.02. The molecule has 3 heterocycles. The maximum absolute atomic E-state index is 12.5. The van der Waals surface area contributed by atoms with Crippen LogP contribution in [0.3, 0.4) is 0 Å². The molecule has 0 aliphatic carbocycles. The van der Waals surface area contributed by atoms with Gasteiger partial charge in [0.1, 0.15) is 0 Å². The molecule has 0 amide bonds. The Bertz CT molecular complexity index is 1400. The van der Waals surface area contributed by atoms with Crippen molar-refractivity contribution in [3.05, 3.63) is 76.1 Å². The number of aromatic nitrogens is 2. The summed E-state index contributed by atoms with van der Waals surface area (Å²) in [5, 5.41) is 11.7. The molecule has 2 aromatic carbocycles. The van der Waals surface area contributed by atoms with E-state index in [1.807, 2.05) is 70.3 Å². The average Bonchev–Trinajstić information content (AvgIpc) is 3.40. The number of hydrogen-bond acceptors (Lipinski definition) is 6. The Balaban J connectivity index is 1.71. The van der Waals surface area contributed by atoms with Gasteiger partial charge in [-0.05, 0) is 68.7 Å². The lowest BCUT2D eigenvalue weighted by molar-refractivity contribution is -0.160. The lowest BCUT2D eigenvalue weighted by atomic mass is 9.91. The molecule has 0 saturated heterocycles. The van der Waals surface area contributed by atoms with Crippen LogP contribution in [0.2, 0.25) is 5.02 Å². The van der Waals surface area contributed by atoms with Gasteiger partial charge in [-0.3, -0.25) is 4.98 Å². The minimum atomic E-state index is -1.13. The van der Waals surface area contributed by atoms with Crippen molar-refractivity contribution in [3.63, 3.8) is 0 Å². The Kier molecular flexibility index (Phi) is 6.03. The second-order valence-electron chi connectivity index (χ2n) is 9.75. The largest absolute Gasteiger partial charge is 0.479 e. The number of aryl methyl sites for hydroxylation is 1. The summed E-state index contributed by atoms with van der Waals surface area (Å²) in [6.07, 6.45) is 0.687. The monoisotopic (exact) mass is 507 g/mol. The molecule has 1 aliphatic heterocycles. The first kappa shape index (κ1) is 23.7. The van der Waals surface area contributed by atoms with Crippen LogP contribution in [-0.4, -0.2) is 26.6 Å². The van der Waals surface area contributed by atoms with Crippen LogP contribution in [0.4, 0.5) is 5.13 Å². The second kappa shape index (κ2) is 8.90. The number of fused-ring (bicyclic) bond motifs is 2. The molecule has 0 spiro atoms. The molecular formula is C27H26ClN3O3S. The van der Waals surface area contributed by atoms with E-state index in [4.69, 9.17) is 21.3 Å². The van der Waals surface area contributed by atoms with E-state index in [2.05, 4.69) is 16.0 Å². The van der Waals surface area contributed by atoms with E-state index in [1.165, 1.54) is 5.56 Å². The predicted octanol–water partition coefficient (Wildman–Crippen LogP) is 6.78. The molecule has 1 aliphatic rings. The van der Waals surface area contributed by atoms with Crippen LogP contribution in [0.15, 0.2) is 48.7 Å². The van der Waals surface area contributed by atoms with Crippen molar-refractivity contribution < 1.29 is 14.6 Å². The summed E-state index contributed by atoms with van der Waals surface area (Å²) in [7, 11) is 0. The predicted molar refractivity (Wildman–Crippen MR) is 140 cm³/mol. The lowest BCUT2D eigenvalue weighted by Crippen LogP contribution is -2.28. The van der Waals surface area contributed by atoms with Crippen molar-refractivity contribution in [2.24, 2.45) is 0 Å². The van der Waals surface area contributed by atoms with E-state index in [1.54, 1.807) is 11.3 Å². The Morgan fingerprint density at radius 1 is 1.20 bits per heavy atom. The zero-order valence-corrected chi connectivity index (χ0v) is 21.6. The highest BCUT2D eigenvalue weighted by molar-refractivity contribution is 7.22. The summed E-state index contributed by atoms with van der Waals surface area (Å²) in [4.78, 5) is 24.2. The Morgan fingerprint density at radius 2 is 1.94 bits per heavy atom. The van der Waals surface area contributed by atoms with Gasteiger partial charge in [-0.25, -0.2) is 9.78 Å². The van der Waals surface area contributed by atoms with Crippen molar-refractivity contribution in [2.45, 2.75) is 52.5 Å². The minimum Gasteiger partial charge on any atom is -0.479 e. The molecule has 180 valence electrons. The van der Waals surface area contributed by atoms with Crippen LogP contribution in [0.25, 0.3) is 21.3 Å². The molecule has 6 nitrogen and oxygen atoms in total. The zero-order chi connectivity index (χ0) is 24.9. The fourth-order valence-electron chi connectivity index (χ4n) is 4.50. The summed E-state index contributed by atoms with van der Waals surface area (Å²) in [6.45, 7) is 8.96. The summed E-state index contributed by atoms with van der Waals surface area (Å²) in [5.41, 5.74) is 5.62. The Morgan fingerprint density at radius 3 is 2.60 bits per heavy atom. The molecular weight excluding hydrogens is 482 g/mol. The van der Waals surface area contributed by atoms with Crippen LogP contribution in [0, 0.1) is 6.92 Å². The van der Waals surface area contributed by atoms with Crippen LogP contribution in [0.5, 0.6) is 0 Å². The molecule has 1 atom stereocenters. The van der Waals surface area contributed by atoms with Crippen LogP contribution in [-0.2, 0) is 22.6 Å². The number of hydrogen-bond donors (Lipinski definition) is 1. The third-order valence-corrected chi connectivity index (χ3v) is 7.37. The third kappa shape index (κ3) is 4.63. The number of aliphatic carboxylic acids is 1. The Hall–Kier alpha value is -3.00. The highest BCUT2D eigenvalue weighted by atomic mass is 35.5. The van der Waals surface area contributed by atoms with E-state index < -0.39 is 17.7 Å². The summed E-state index contributed by atoms with van der Waals surface area (Å²) in [6, 6.07) is 13.5. The molecule has 35 heavy (non-hydrogen) atoms. The number of carboxylic acids is 1. The number of nitrogens with zero attached hydrogens (tertiary/aromatic N) is 3. The molecule has 0 saturated carbocycles. The van der Waals surface area contributed by atoms with Gasteiger partial charge in [0.15, 0.2) is 11.2 Å². The van der Waals surface area contributed by atoms with Gasteiger partial charge in [-0.2, -0.15) is 0 Å². The third-order valence-electron chi connectivity index (χ3n) is 5.96. The first-order valence-corrected chi connectivity index (χ1v) is 12.6. The van der Waals surface area contributed by atoms with Gasteiger partial charge >= 0.3 is 5.97 Å². The number of anilines is 1. The normalized spacial score (nSPS) is 14.4. The van der Waals surface area contributed by atoms with Gasteiger partial charge in [0.25, 0.3) is 0 Å². The standard InChI is InChI=1S/C27H26ClN3O3S/c1-15-12-19-24(35-26(30-19)31-13-17-6-5-11-29-20(17)14-31)22(16-7-9-18(28)10-8-16)21(15)23(25(32)33)34-27(2,3)4/h5-12,23H,13-14H2,1-4H3,(H,32,33). The lowest BCUT2D eigenvalue weighted by Gasteiger charge is -2.28. The van der Waals surface area contributed by atoms with Crippen LogP contribution >= 0.6 is 22.9 Å². The molecule has 0 radical (unpaired) electrons. The number of thiazole rings is 1. The van der Waals surface area contributed by atoms with Crippen molar-refractivity contribution in [2.75, 3.05) is 4.90 Å². The summed E-state index contributed by atoms with van der Waals surface area (Å²) >= 11 is 7.75. The Labute approximate surface area is 213 Å². The fraction of sp³-hybridized carbons (Fsp3) is 0.296. The number of benzene rings is 2. The first-order valence-electron chi connectivity index (χ1n) is 11.4. The molecule has 1 N–H and O–H groups in total. The molecule has 8 heteroatoms. The highest BCUT2D eigenvalue weighted by Gasteiger charge is 2.33. The van der Waals surface area contributed by atoms with Crippen molar-refractivity contribution in [1.29, 1.82) is 0 Å². The quantitative estimate of drug-likeness (QED) is 0.321. The number of halogens is 1. The molecule has 1 unspecified atom stereocenters. The maximum Gasteiger partial charge on any atom is 0.337 e. The van der Waals surface area contributed by atoms with Gasteiger partial charge in [0.05, 0.1) is 28.1 Å². The number of rotatable bonds is 5. The zero-order valence-electron chi connectivity index (χ0n) is 20.0. The van der Waals surface area contributed by atoms with Gasteiger partial charge in [0, 0.05) is 28.9 Å². The van der Waals surface area contributed by atoms with Gasteiger partial charge in [0.2, 0.25) is 0 Å². The van der Waals surface area contributed by atoms with Gasteiger partial charge < -0.3 is 14.7 Å². The van der Waals surface area contributed by atoms with Crippen molar-refractivity contribution >= 4 is 44.3 Å². The van der Waals surface area contributed by atoms with Crippen molar-refractivity contribution in [1.82, 2.24) is 9.97 Å². The maximum atomic E-state index is 12.5. The van der Waals surface area contributed by atoms with E-state index in [0.29, 0.717) is 17.1 Å².